The van der Waals surface area contributed by atoms with E-state index >= 15 is 8.78 Å². The molecule has 1 aromatic carbocycles. The van der Waals surface area contributed by atoms with E-state index in [9.17, 15) is 4.79 Å². The van der Waals surface area contributed by atoms with Gasteiger partial charge in [0.25, 0.3) is 0 Å². The molecule has 2 aliphatic carbocycles. The first-order chi connectivity index (χ1) is 23.8. The number of nitrogens with zero attached hydrogens (tertiary/aromatic N) is 7. The van der Waals surface area contributed by atoms with Gasteiger partial charge in [-0.15, -0.1) is 6.58 Å². The first-order valence-corrected chi connectivity index (χ1v) is 17.9. The van der Waals surface area contributed by atoms with Crippen molar-refractivity contribution in [2.75, 3.05) is 30.3 Å². The van der Waals surface area contributed by atoms with Crippen LogP contribution in [0.3, 0.4) is 0 Å². The highest BCUT2D eigenvalue weighted by Crippen LogP contribution is 2.42. The molecule has 2 atom stereocenters. The molecule has 9 nitrogen and oxygen atoms in total. The van der Waals surface area contributed by atoms with Crippen LogP contribution >= 0.6 is 0 Å². The molecule has 0 amide bonds. The second-order valence-electron chi connectivity index (χ2n) is 14.2. The minimum atomic E-state index is -0.743. The zero-order valence-corrected chi connectivity index (χ0v) is 28.5. The van der Waals surface area contributed by atoms with Gasteiger partial charge >= 0.3 is 5.69 Å². The Balaban J connectivity index is 1.53. The zero-order chi connectivity index (χ0) is 34.2. The fraction of sp³-hybridized carbons (Fsp3) is 0.500. The number of hydrogen-bond acceptors (Lipinski definition) is 8. The van der Waals surface area contributed by atoms with Gasteiger partial charge in [0, 0.05) is 49.2 Å². The number of nitrogens with two attached hydrogens (primary N) is 1. The van der Waals surface area contributed by atoms with Gasteiger partial charge in [-0.1, -0.05) is 50.7 Å². The zero-order valence-electron chi connectivity index (χ0n) is 28.5. The standard InChI is InChI=1S/C38H46F2N8O/c1-4-18-46-20-24(3)47(21-23(46)2)36-27-19-29(40)34(31-28(39)16-11-17-30(31)41)44-37(27)48(38(49)45-36)35-32(25-12-7-5-8-13-25)42-22-43-33(35)26-14-9-6-10-15-26/h4,11,16-17,19,22-26H,1,5-10,12-15,18,20-21,41H2,2-3H3/t23-,24+/m1/s1. The molecule has 3 aromatic heterocycles. The monoisotopic (exact) mass is 668 g/mol. The molecule has 49 heavy (non-hydrogen) atoms. The van der Waals surface area contributed by atoms with E-state index in [-0.39, 0.29) is 46.5 Å². The highest BCUT2D eigenvalue weighted by Gasteiger charge is 2.34. The number of benzene rings is 1. The van der Waals surface area contributed by atoms with Gasteiger partial charge in [-0.05, 0) is 57.7 Å². The van der Waals surface area contributed by atoms with Gasteiger partial charge in [0.15, 0.2) is 11.5 Å². The van der Waals surface area contributed by atoms with Crippen LogP contribution in [-0.4, -0.2) is 61.1 Å². The average Bonchev–Trinajstić information content (AvgIpc) is 3.10. The smallest absolute Gasteiger partial charge is 0.355 e. The molecule has 0 spiro atoms. The van der Waals surface area contributed by atoms with Crippen LogP contribution < -0.4 is 16.3 Å². The second-order valence-corrected chi connectivity index (χ2v) is 14.2. The van der Waals surface area contributed by atoms with Crippen molar-refractivity contribution in [1.82, 2.24) is 29.4 Å². The molecule has 3 aliphatic rings. The molecule has 0 bridgehead atoms. The molecule has 1 saturated heterocycles. The summed E-state index contributed by atoms with van der Waals surface area (Å²) < 4.78 is 33.3. The lowest BCUT2D eigenvalue weighted by molar-refractivity contribution is 0.184. The molecule has 7 rings (SSSR count). The van der Waals surface area contributed by atoms with E-state index in [0.29, 0.717) is 30.0 Å². The van der Waals surface area contributed by atoms with Crippen LogP contribution in [0.1, 0.15) is 101 Å². The van der Waals surface area contributed by atoms with Crippen LogP contribution in [-0.2, 0) is 0 Å². The van der Waals surface area contributed by atoms with Crippen molar-refractivity contribution < 1.29 is 8.78 Å². The summed E-state index contributed by atoms with van der Waals surface area (Å²) in [5.41, 5.74) is 7.81. The van der Waals surface area contributed by atoms with Crippen LogP contribution in [0.25, 0.3) is 28.0 Å². The Morgan fingerprint density at radius 1 is 0.898 bits per heavy atom. The topological polar surface area (TPSA) is 106 Å². The maximum atomic E-state index is 16.4. The van der Waals surface area contributed by atoms with Gasteiger partial charge in [-0.25, -0.2) is 33.1 Å². The molecule has 0 radical (unpaired) electrons. The summed E-state index contributed by atoms with van der Waals surface area (Å²) in [6.45, 7) is 10.1. The van der Waals surface area contributed by atoms with Crippen molar-refractivity contribution in [2.24, 2.45) is 0 Å². The number of anilines is 2. The van der Waals surface area contributed by atoms with Crippen molar-refractivity contribution in [1.29, 1.82) is 0 Å². The summed E-state index contributed by atoms with van der Waals surface area (Å²) in [6.07, 6.45) is 14.0. The van der Waals surface area contributed by atoms with E-state index in [0.717, 1.165) is 82.1 Å². The van der Waals surface area contributed by atoms with E-state index in [1.807, 2.05) is 6.08 Å². The quantitative estimate of drug-likeness (QED) is 0.162. The minimum Gasteiger partial charge on any atom is -0.398 e. The van der Waals surface area contributed by atoms with Crippen LogP contribution in [0, 0.1) is 11.6 Å². The lowest BCUT2D eigenvalue weighted by Gasteiger charge is -2.44. The number of rotatable bonds is 7. The fourth-order valence-electron chi connectivity index (χ4n) is 8.39. The Hall–Kier alpha value is -4.25. The van der Waals surface area contributed by atoms with Gasteiger partial charge < -0.3 is 10.6 Å². The lowest BCUT2D eigenvalue weighted by atomic mass is 9.82. The first-order valence-electron chi connectivity index (χ1n) is 17.9. The van der Waals surface area contributed by atoms with Crippen molar-refractivity contribution in [2.45, 2.75) is 102 Å². The molecule has 258 valence electrons. The van der Waals surface area contributed by atoms with E-state index in [1.54, 1.807) is 6.33 Å². The number of nitrogen functional groups attached to an aromatic ring is 1. The van der Waals surface area contributed by atoms with Crippen molar-refractivity contribution in [3.63, 3.8) is 0 Å². The molecule has 0 unspecified atom stereocenters. The van der Waals surface area contributed by atoms with Gasteiger partial charge in [-0.3, -0.25) is 4.90 Å². The van der Waals surface area contributed by atoms with Crippen LogP contribution in [0.5, 0.6) is 0 Å². The third-order valence-electron chi connectivity index (χ3n) is 10.9. The number of aromatic nitrogens is 5. The first kappa shape index (κ1) is 33.3. The lowest BCUT2D eigenvalue weighted by Crippen LogP contribution is -2.57. The number of pyridine rings is 1. The summed E-state index contributed by atoms with van der Waals surface area (Å²) in [6, 6.07) is 5.67. The average molecular weight is 669 g/mol. The number of halogens is 2. The highest BCUT2D eigenvalue weighted by molar-refractivity contribution is 5.91. The van der Waals surface area contributed by atoms with E-state index < -0.39 is 17.3 Å². The van der Waals surface area contributed by atoms with Crippen LogP contribution in [0.15, 0.2) is 48.0 Å². The molecular formula is C38H46F2N8O. The van der Waals surface area contributed by atoms with Crippen molar-refractivity contribution >= 4 is 22.5 Å². The third kappa shape index (κ3) is 6.22. The maximum Gasteiger partial charge on any atom is 0.355 e. The third-order valence-corrected chi connectivity index (χ3v) is 10.9. The Morgan fingerprint density at radius 2 is 1.55 bits per heavy atom. The fourth-order valence-corrected chi connectivity index (χ4v) is 8.39. The Kier molecular flexibility index (Phi) is 9.46. The maximum absolute atomic E-state index is 16.4. The summed E-state index contributed by atoms with van der Waals surface area (Å²) in [5.74, 6) is -0.798. The van der Waals surface area contributed by atoms with Gasteiger partial charge in [0.1, 0.15) is 23.7 Å². The molecule has 3 fully saturated rings. The van der Waals surface area contributed by atoms with Gasteiger partial charge in [-0.2, -0.15) is 4.98 Å². The summed E-state index contributed by atoms with van der Waals surface area (Å²) in [5, 5.41) is 0.375. The SMILES string of the molecule is C=CCN1C[C@H](C)N(c2nc(=O)n(-c3c(C4CCCCC4)ncnc3C3CCCCC3)c3nc(-c4c(N)cccc4F)c(F)cc23)C[C@H]1C. The Morgan fingerprint density at radius 3 is 2.16 bits per heavy atom. The highest BCUT2D eigenvalue weighted by atomic mass is 19.1. The van der Waals surface area contributed by atoms with E-state index in [4.69, 9.17) is 25.7 Å². The van der Waals surface area contributed by atoms with Crippen LogP contribution in [0.2, 0.25) is 0 Å². The molecule has 4 aromatic rings. The van der Waals surface area contributed by atoms with Gasteiger partial charge in [0.2, 0.25) is 0 Å². The summed E-state index contributed by atoms with van der Waals surface area (Å²) in [7, 11) is 0. The van der Waals surface area contributed by atoms with Crippen LogP contribution in [0.4, 0.5) is 20.3 Å². The molecule has 2 N–H and O–H groups in total. The Labute approximate surface area is 286 Å². The van der Waals surface area contributed by atoms with Crippen molar-refractivity contribution in [3.8, 4) is 16.9 Å². The molecule has 11 heteroatoms. The predicted molar refractivity (Wildman–Crippen MR) is 190 cm³/mol. The number of piperazine rings is 1. The Bertz CT molecular complexity index is 1860. The molecule has 1 aliphatic heterocycles. The van der Waals surface area contributed by atoms with E-state index in [2.05, 4.69) is 30.2 Å². The van der Waals surface area contributed by atoms with Crippen molar-refractivity contribution in [3.05, 3.63) is 76.8 Å². The largest absolute Gasteiger partial charge is 0.398 e. The summed E-state index contributed by atoms with van der Waals surface area (Å²) in [4.78, 5) is 38.4. The predicted octanol–water partition coefficient (Wildman–Crippen LogP) is 7.28. The summed E-state index contributed by atoms with van der Waals surface area (Å²) >= 11 is 0. The molecule has 2 saturated carbocycles. The second kappa shape index (κ2) is 13.9. The number of hydrogen-bond donors (Lipinski definition) is 1. The minimum absolute atomic E-state index is 0.0392. The normalized spacial score (nSPS) is 21.3. The van der Waals surface area contributed by atoms with Gasteiger partial charge in [0.05, 0.1) is 28.0 Å². The van der Waals surface area contributed by atoms with E-state index in [1.165, 1.54) is 28.8 Å². The molecular weight excluding hydrogens is 622 g/mol. The molecule has 4 heterocycles. The number of fused-ring (bicyclic) bond motifs is 1.